The van der Waals surface area contributed by atoms with Gasteiger partial charge in [0.1, 0.15) is 0 Å². The molecule has 0 spiro atoms. The normalized spacial score (nSPS) is 8.77. The fourth-order valence-electron chi connectivity index (χ4n) is 0.733. The third-order valence-electron chi connectivity index (χ3n) is 1.58. The molecule has 0 aliphatic heterocycles. The summed E-state index contributed by atoms with van der Waals surface area (Å²) in [6.45, 7) is 8.56. The second kappa shape index (κ2) is 15.3. The Morgan fingerprint density at radius 3 is 1.85 bits per heavy atom. The Bertz CT molecular complexity index is 147. The average molecular weight is 233 g/mol. The Hall–Kier alpha value is 0.826. The molecule has 0 radical (unpaired) electrons. The predicted molar refractivity (Wildman–Crippen MR) is 53.9 cm³/mol. The molecule has 0 saturated heterocycles. The third kappa shape index (κ3) is 19.3. The van der Waals surface area contributed by atoms with Crippen LogP contribution in [0.1, 0.15) is 40.5 Å². The van der Waals surface area contributed by atoms with E-state index >= 15 is 0 Å². The zero-order chi connectivity index (χ0) is 7.98. The van der Waals surface area contributed by atoms with Gasteiger partial charge in [0.25, 0.3) is 0 Å². The van der Waals surface area contributed by atoms with Crippen molar-refractivity contribution in [2.45, 2.75) is 40.5 Å². The zero-order valence-electron chi connectivity index (χ0n) is 9.03. The predicted octanol–water partition coefficient (Wildman–Crippen LogP) is -2.67. The van der Waals surface area contributed by atoms with Crippen molar-refractivity contribution in [2.24, 2.45) is 0 Å². The summed E-state index contributed by atoms with van der Waals surface area (Å²) in [6, 6.07) is 0. The van der Waals surface area contributed by atoms with E-state index in [4.69, 9.17) is 0 Å². The fraction of sp³-hybridized carbons (Fsp3) is 0.600. The Morgan fingerprint density at radius 1 is 1.08 bits per heavy atom. The number of allylic oxidation sites excluding steroid dienone is 4. The van der Waals surface area contributed by atoms with Gasteiger partial charge in [-0.25, -0.2) is 0 Å². The molecular formula is C10H18Cl2Mg. The standard InChI is InChI=1S/C10H18.2ClH.Mg/c1-5-10(4)8-6-7-9(2)3;;;/h5,7H,6,8H2,1-4H3;2*1H;/q;;;+2/p-2/b10-5+;;;. The number of hydrogen-bond acceptors (Lipinski definition) is 0. The van der Waals surface area contributed by atoms with Crippen LogP contribution in [0.3, 0.4) is 0 Å². The fourth-order valence-corrected chi connectivity index (χ4v) is 0.733. The second-order valence-electron chi connectivity index (χ2n) is 2.96. The number of hydrogen-bond donors (Lipinski definition) is 0. The molecule has 0 atom stereocenters. The van der Waals surface area contributed by atoms with Crippen LogP contribution in [0, 0.1) is 0 Å². The maximum Gasteiger partial charge on any atom is 2.00 e. The maximum atomic E-state index is 2.28. The molecule has 0 amide bonds. The van der Waals surface area contributed by atoms with Gasteiger partial charge >= 0.3 is 23.1 Å². The van der Waals surface area contributed by atoms with Crippen LogP contribution in [0.4, 0.5) is 0 Å². The Kier molecular flexibility index (Phi) is 27.7. The Morgan fingerprint density at radius 2 is 1.54 bits per heavy atom. The minimum atomic E-state index is 0. The molecule has 0 heterocycles. The number of halogens is 2. The van der Waals surface area contributed by atoms with Crippen LogP contribution in [0.15, 0.2) is 23.3 Å². The van der Waals surface area contributed by atoms with E-state index in [2.05, 4.69) is 39.8 Å². The van der Waals surface area contributed by atoms with Crippen LogP contribution >= 0.6 is 0 Å². The van der Waals surface area contributed by atoms with Crippen LogP contribution in [0.5, 0.6) is 0 Å². The van der Waals surface area contributed by atoms with Crippen LogP contribution in [-0.2, 0) is 0 Å². The third-order valence-corrected chi connectivity index (χ3v) is 1.58. The minimum absolute atomic E-state index is 0. The Balaban J connectivity index is -0.000000135. The van der Waals surface area contributed by atoms with Crippen molar-refractivity contribution in [3.8, 4) is 0 Å². The van der Waals surface area contributed by atoms with Gasteiger partial charge < -0.3 is 24.8 Å². The topological polar surface area (TPSA) is 0 Å². The van der Waals surface area contributed by atoms with Gasteiger partial charge in [-0.2, -0.15) is 0 Å². The van der Waals surface area contributed by atoms with E-state index in [1.165, 1.54) is 24.0 Å². The van der Waals surface area contributed by atoms with Gasteiger partial charge in [-0.3, -0.25) is 0 Å². The average Bonchev–Trinajstić information content (AvgIpc) is 1.87. The first-order valence-electron chi connectivity index (χ1n) is 3.92. The zero-order valence-corrected chi connectivity index (χ0v) is 12.0. The van der Waals surface area contributed by atoms with Gasteiger partial charge in [-0.05, 0) is 40.5 Å². The first-order chi connectivity index (χ1) is 4.66. The van der Waals surface area contributed by atoms with Crippen molar-refractivity contribution >= 4 is 23.1 Å². The largest absolute Gasteiger partial charge is 2.00 e. The molecule has 13 heavy (non-hydrogen) atoms. The van der Waals surface area contributed by atoms with E-state index < -0.39 is 0 Å². The minimum Gasteiger partial charge on any atom is -1.00 e. The van der Waals surface area contributed by atoms with Gasteiger partial charge in [0.2, 0.25) is 0 Å². The van der Waals surface area contributed by atoms with Crippen molar-refractivity contribution in [3.63, 3.8) is 0 Å². The van der Waals surface area contributed by atoms with Crippen LogP contribution in [-0.4, -0.2) is 23.1 Å². The molecule has 0 aromatic heterocycles. The van der Waals surface area contributed by atoms with Crippen molar-refractivity contribution in [3.05, 3.63) is 23.3 Å². The van der Waals surface area contributed by atoms with Gasteiger partial charge in [0, 0.05) is 0 Å². The summed E-state index contributed by atoms with van der Waals surface area (Å²) < 4.78 is 0. The summed E-state index contributed by atoms with van der Waals surface area (Å²) in [5.74, 6) is 0. The van der Waals surface area contributed by atoms with E-state index in [1.54, 1.807) is 0 Å². The van der Waals surface area contributed by atoms with E-state index in [-0.39, 0.29) is 47.9 Å². The SMILES string of the molecule is C/C=C(\C)CCC=C(C)C.[Cl-].[Cl-].[Mg+2]. The van der Waals surface area contributed by atoms with Crippen LogP contribution in [0.25, 0.3) is 0 Å². The molecule has 0 N–H and O–H groups in total. The van der Waals surface area contributed by atoms with Gasteiger partial charge in [0.05, 0.1) is 0 Å². The molecule has 0 rings (SSSR count). The molecule has 0 saturated carbocycles. The molecule has 3 heteroatoms. The second-order valence-corrected chi connectivity index (χ2v) is 2.96. The van der Waals surface area contributed by atoms with Gasteiger partial charge in [0.15, 0.2) is 0 Å². The summed E-state index contributed by atoms with van der Waals surface area (Å²) in [5.41, 5.74) is 2.90. The molecule has 0 unspecified atom stereocenters. The summed E-state index contributed by atoms with van der Waals surface area (Å²) in [7, 11) is 0. The Labute approximate surface area is 111 Å². The molecule has 0 aromatic carbocycles. The quantitative estimate of drug-likeness (QED) is 0.368. The molecule has 0 bridgehead atoms. The van der Waals surface area contributed by atoms with E-state index in [1.807, 2.05) is 0 Å². The van der Waals surface area contributed by atoms with Crippen molar-refractivity contribution in [2.75, 3.05) is 0 Å². The smallest absolute Gasteiger partial charge is 1.00 e. The molecule has 74 valence electrons. The molecule has 0 nitrogen and oxygen atoms in total. The van der Waals surface area contributed by atoms with E-state index in [9.17, 15) is 0 Å². The summed E-state index contributed by atoms with van der Waals surface area (Å²) in [5, 5.41) is 0. The van der Waals surface area contributed by atoms with Crippen molar-refractivity contribution in [1.29, 1.82) is 0 Å². The first kappa shape index (κ1) is 23.6. The number of rotatable bonds is 3. The summed E-state index contributed by atoms with van der Waals surface area (Å²) in [6.07, 6.45) is 6.87. The summed E-state index contributed by atoms with van der Waals surface area (Å²) >= 11 is 0. The van der Waals surface area contributed by atoms with Crippen molar-refractivity contribution < 1.29 is 24.8 Å². The van der Waals surface area contributed by atoms with Gasteiger partial charge in [-0.15, -0.1) is 0 Å². The van der Waals surface area contributed by atoms with Crippen molar-refractivity contribution in [1.82, 2.24) is 0 Å². The van der Waals surface area contributed by atoms with E-state index in [0.717, 1.165) is 0 Å². The maximum absolute atomic E-state index is 2.28. The first-order valence-corrected chi connectivity index (χ1v) is 3.92. The molecule has 0 aromatic rings. The molecular weight excluding hydrogens is 215 g/mol. The van der Waals surface area contributed by atoms with Crippen LogP contribution < -0.4 is 24.8 Å². The summed E-state index contributed by atoms with van der Waals surface area (Å²) in [4.78, 5) is 0. The monoisotopic (exact) mass is 232 g/mol. The van der Waals surface area contributed by atoms with Gasteiger partial charge in [-0.1, -0.05) is 23.3 Å². The molecule has 0 fully saturated rings. The molecule has 0 aliphatic carbocycles. The van der Waals surface area contributed by atoms with E-state index in [0.29, 0.717) is 0 Å². The van der Waals surface area contributed by atoms with Crippen LogP contribution in [0.2, 0.25) is 0 Å². The molecule has 0 aliphatic rings.